The quantitative estimate of drug-likeness (QED) is 0.863. The van der Waals surface area contributed by atoms with Gasteiger partial charge in [0.25, 0.3) is 0 Å². The van der Waals surface area contributed by atoms with Crippen LogP contribution in [0.1, 0.15) is 20.3 Å². The summed E-state index contributed by atoms with van der Waals surface area (Å²) < 4.78 is 5.68. The fraction of sp³-hybridized carbons (Fsp3) is 0.500. The summed E-state index contributed by atoms with van der Waals surface area (Å²) in [5, 5.41) is 12.6. The maximum absolute atomic E-state index is 12.1. The van der Waals surface area contributed by atoms with Gasteiger partial charge in [0.05, 0.1) is 12.0 Å². The van der Waals surface area contributed by atoms with Crippen LogP contribution in [0.2, 0.25) is 5.02 Å². The number of benzene rings is 1. The summed E-state index contributed by atoms with van der Waals surface area (Å²) >= 11 is 5.81. The van der Waals surface area contributed by atoms with Gasteiger partial charge in [-0.2, -0.15) is 0 Å². The number of aliphatic carboxylic acids is 1. The fourth-order valence-electron chi connectivity index (χ4n) is 2.44. The van der Waals surface area contributed by atoms with Crippen LogP contribution in [0.5, 0.6) is 5.75 Å². The molecule has 1 aromatic carbocycles. The van der Waals surface area contributed by atoms with Gasteiger partial charge in [-0.05, 0) is 44.5 Å². The first-order chi connectivity index (χ1) is 10.8. The van der Waals surface area contributed by atoms with Crippen LogP contribution in [0, 0.1) is 5.41 Å². The molecule has 0 bridgehead atoms. The average Bonchev–Trinajstić information content (AvgIpc) is 2.91. The third kappa shape index (κ3) is 4.51. The number of carbonyl (C=O) groups excluding carboxylic acids is 1. The zero-order chi connectivity index (χ0) is 17.0. The molecule has 1 aliphatic rings. The lowest BCUT2D eigenvalue weighted by Gasteiger charge is -2.22. The highest BCUT2D eigenvalue weighted by molar-refractivity contribution is 6.30. The van der Waals surface area contributed by atoms with E-state index in [1.54, 1.807) is 31.2 Å². The van der Waals surface area contributed by atoms with E-state index < -0.39 is 11.4 Å². The maximum Gasteiger partial charge on any atom is 0.317 e. The molecule has 2 unspecified atom stereocenters. The summed E-state index contributed by atoms with van der Waals surface area (Å²) in [7, 11) is 0. The van der Waals surface area contributed by atoms with Crippen LogP contribution in [-0.2, 0) is 4.79 Å². The van der Waals surface area contributed by atoms with E-state index in [4.69, 9.17) is 16.3 Å². The van der Waals surface area contributed by atoms with E-state index in [0.29, 0.717) is 30.3 Å². The topological polar surface area (TPSA) is 78.9 Å². The molecule has 126 valence electrons. The molecule has 0 saturated carbocycles. The van der Waals surface area contributed by atoms with Crippen molar-refractivity contribution in [3.63, 3.8) is 0 Å². The highest BCUT2D eigenvalue weighted by Crippen LogP contribution is 2.29. The number of hydrogen-bond acceptors (Lipinski definition) is 3. The van der Waals surface area contributed by atoms with Crippen molar-refractivity contribution < 1.29 is 19.4 Å². The Kier molecular flexibility index (Phi) is 5.36. The number of amides is 2. The lowest BCUT2D eigenvalue weighted by molar-refractivity contribution is -0.147. The van der Waals surface area contributed by atoms with Crippen molar-refractivity contribution in [3.05, 3.63) is 29.3 Å². The molecule has 0 aromatic heterocycles. The minimum absolute atomic E-state index is 0.214. The van der Waals surface area contributed by atoms with E-state index in [2.05, 4.69) is 5.32 Å². The number of urea groups is 1. The van der Waals surface area contributed by atoms with Crippen LogP contribution in [0.3, 0.4) is 0 Å². The second-order valence-electron chi connectivity index (χ2n) is 6.11. The SMILES string of the molecule is CC(CNC(=O)N1CCC(C)(C(=O)O)C1)Oc1ccc(Cl)cc1. The Bertz CT molecular complexity index is 578. The molecule has 1 aromatic rings. The first-order valence-electron chi connectivity index (χ1n) is 7.48. The normalized spacial score (nSPS) is 21.8. The predicted molar refractivity (Wildman–Crippen MR) is 86.9 cm³/mol. The molecule has 2 rings (SSSR count). The maximum atomic E-state index is 12.1. The molecule has 1 saturated heterocycles. The molecule has 1 aliphatic heterocycles. The minimum atomic E-state index is -0.868. The summed E-state index contributed by atoms with van der Waals surface area (Å²) in [6, 6.07) is 6.73. The van der Waals surface area contributed by atoms with Gasteiger partial charge in [0, 0.05) is 18.1 Å². The van der Waals surface area contributed by atoms with Crippen molar-refractivity contribution in [1.82, 2.24) is 10.2 Å². The smallest absolute Gasteiger partial charge is 0.317 e. The first-order valence-corrected chi connectivity index (χ1v) is 7.86. The summed E-state index contributed by atoms with van der Waals surface area (Å²) in [6.07, 6.45) is 0.251. The van der Waals surface area contributed by atoms with Gasteiger partial charge in [0.15, 0.2) is 0 Å². The minimum Gasteiger partial charge on any atom is -0.489 e. The highest BCUT2D eigenvalue weighted by Gasteiger charge is 2.42. The number of carboxylic acids is 1. The van der Waals surface area contributed by atoms with Gasteiger partial charge >= 0.3 is 12.0 Å². The summed E-state index contributed by atoms with van der Waals surface area (Å²) in [4.78, 5) is 24.8. The van der Waals surface area contributed by atoms with Gasteiger partial charge < -0.3 is 20.1 Å². The fourth-order valence-corrected chi connectivity index (χ4v) is 2.56. The Labute approximate surface area is 140 Å². The Balaban J connectivity index is 1.78. The summed E-state index contributed by atoms with van der Waals surface area (Å²) in [6.45, 7) is 4.51. The Morgan fingerprint density at radius 1 is 1.43 bits per heavy atom. The first kappa shape index (κ1) is 17.4. The van der Waals surface area contributed by atoms with Gasteiger partial charge in [0.2, 0.25) is 0 Å². The molecular weight excluding hydrogens is 320 g/mol. The van der Waals surface area contributed by atoms with Crippen molar-refractivity contribution in [2.75, 3.05) is 19.6 Å². The van der Waals surface area contributed by atoms with Crippen molar-refractivity contribution in [1.29, 1.82) is 0 Å². The third-order valence-electron chi connectivity index (χ3n) is 3.97. The molecule has 6 nitrogen and oxygen atoms in total. The Morgan fingerprint density at radius 3 is 2.65 bits per heavy atom. The van der Waals surface area contributed by atoms with Gasteiger partial charge in [-0.25, -0.2) is 4.79 Å². The van der Waals surface area contributed by atoms with E-state index in [9.17, 15) is 14.7 Å². The number of hydrogen-bond donors (Lipinski definition) is 2. The van der Waals surface area contributed by atoms with Crippen molar-refractivity contribution in [2.45, 2.75) is 26.4 Å². The lowest BCUT2D eigenvalue weighted by atomic mass is 9.90. The number of nitrogens with one attached hydrogen (secondary N) is 1. The zero-order valence-corrected chi connectivity index (χ0v) is 14.0. The number of carbonyl (C=O) groups is 2. The van der Waals surface area contributed by atoms with Crippen LogP contribution in [0.15, 0.2) is 24.3 Å². The molecule has 0 spiro atoms. The lowest BCUT2D eigenvalue weighted by Crippen LogP contribution is -2.43. The molecule has 0 radical (unpaired) electrons. The molecule has 2 atom stereocenters. The molecule has 1 fully saturated rings. The van der Waals surface area contributed by atoms with E-state index >= 15 is 0 Å². The van der Waals surface area contributed by atoms with Gasteiger partial charge in [-0.15, -0.1) is 0 Å². The Hall–Kier alpha value is -1.95. The number of likely N-dealkylation sites (tertiary alicyclic amines) is 1. The van der Waals surface area contributed by atoms with Crippen LogP contribution in [-0.4, -0.2) is 47.7 Å². The van der Waals surface area contributed by atoms with Crippen molar-refractivity contribution in [2.24, 2.45) is 5.41 Å². The van der Waals surface area contributed by atoms with Crippen molar-refractivity contribution >= 4 is 23.6 Å². The summed E-state index contributed by atoms with van der Waals surface area (Å²) in [5.41, 5.74) is -0.858. The molecule has 7 heteroatoms. The van der Waals surface area contributed by atoms with Gasteiger partial charge in [-0.3, -0.25) is 4.79 Å². The second-order valence-corrected chi connectivity index (χ2v) is 6.54. The van der Waals surface area contributed by atoms with Crippen LogP contribution in [0.25, 0.3) is 0 Å². The monoisotopic (exact) mass is 340 g/mol. The molecular formula is C16H21ClN2O4. The number of nitrogens with zero attached hydrogens (tertiary/aromatic N) is 1. The zero-order valence-electron chi connectivity index (χ0n) is 13.2. The molecule has 1 heterocycles. The van der Waals surface area contributed by atoms with Gasteiger partial charge in [0.1, 0.15) is 11.9 Å². The van der Waals surface area contributed by atoms with E-state index in [0.717, 1.165) is 0 Å². The number of halogens is 1. The Morgan fingerprint density at radius 2 is 2.09 bits per heavy atom. The van der Waals surface area contributed by atoms with Crippen LogP contribution in [0.4, 0.5) is 4.79 Å². The van der Waals surface area contributed by atoms with E-state index in [1.807, 2.05) is 6.92 Å². The second kappa shape index (κ2) is 7.08. The third-order valence-corrected chi connectivity index (χ3v) is 4.22. The molecule has 0 aliphatic carbocycles. The molecule has 23 heavy (non-hydrogen) atoms. The number of ether oxygens (including phenoxy) is 1. The highest BCUT2D eigenvalue weighted by atomic mass is 35.5. The standard InChI is InChI=1S/C16H21ClN2O4/c1-11(23-13-5-3-12(17)4-6-13)9-18-15(22)19-8-7-16(2,10-19)14(20)21/h3-6,11H,7-10H2,1-2H3,(H,18,22)(H,20,21). The van der Waals surface area contributed by atoms with Crippen molar-refractivity contribution in [3.8, 4) is 5.75 Å². The van der Waals surface area contributed by atoms with E-state index in [1.165, 1.54) is 4.90 Å². The average molecular weight is 341 g/mol. The molecule has 2 N–H and O–H groups in total. The van der Waals surface area contributed by atoms with Crippen LogP contribution >= 0.6 is 11.6 Å². The summed E-state index contributed by atoms with van der Waals surface area (Å²) in [5.74, 6) is -0.192. The van der Waals surface area contributed by atoms with E-state index in [-0.39, 0.29) is 18.7 Å². The predicted octanol–water partition coefficient (Wildman–Crippen LogP) is 2.61. The van der Waals surface area contributed by atoms with Crippen LogP contribution < -0.4 is 10.1 Å². The largest absolute Gasteiger partial charge is 0.489 e. The van der Waals surface area contributed by atoms with Gasteiger partial charge in [-0.1, -0.05) is 11.6 Å². The number of rotatable bonds is 5. The number of carboxylic acid groups (broad SMARTS) is 1. The molecule has 2 amide bonds.